The average molecular weight is 331 g/mol. The van der Waals surface area contributed by atoms with Gasteiger partial charge < -0.3 is 15.0 Å². The smallest absolute Gasteiger partial charge is 0.123 e. The Morgan fingerprint density at radius 2 is 1.78 bits per heavy atom. The van der Waals surface area contributed by atoms with E-state index in [1.54, 1.807) is 0 Å². The van der Waals surface area contributed by atoms with Gasteiger partial charge in [-0.15, -0.1) is 12.4 Å². The van der Waals surface area contributed by atoms with Gasteiger partial charge in [-0.1, -0.05) is 36.4 Å². The third-order valence-electron chi connectivity index (χ3n) is 3.83. The van der Waals surface area contributed by atoms with Gasteiger partial charge in [-0.05, 0) is 37.6 Å². The first kappa shape index (κ1) is 17.4. The third-order valence-corrected chi connectivity index (χ3v) is 3.83. The first-order chi connectivity index (χ1) is 10.9. The molecule has 4 heteroatoms. The third kappa shape index (κ3) is 4.27. The van der Waals surface area contributed by atoms with Gasteiger partial charge >= 0.3 is 0 Å². The Kier molecular flexibility index (Phi) is 6.51. The van der Waals surface area contributed by atoms with Gasteiger partial charge in [0, 0.05) is 29.2 Å². The van der Waals surface area contributed by atoms with Crippen LogP contribution in [0.25, 0.3) is 10.9 Å². The van der Waals surface area contributed by atoms with Crippen LogP contribution in [0.5, 0.6) is 5.75 Å². The van der Waals surface area contributed by atoms with Gasteiger partial charge in [0.2, 0.25) is 0 Å². The van der Waals surface area contributed by atoms with E-state index in [0.717, 1.165) is 25.3 Å². The van der Waals surface area contributed by atoms with Gasteiger partial charge in [0.05, 0.1) is 6.61 Å². The molecule has 1 aromatic heterocycles. The number of ether oxygens (including phenoxy) is 1. The Labute approximate surface area is 143 Å². The van der Waals surface area contributed by atoms with Crippen molar-refractivity contribution in [2.45, 2.75) is 19.9 Å². The molecule has 0 aliphatic rings. The van der Waals surface area contributed by atoms with Crippen LogP contribution in [-0.4, -0.2) is 18.1 Å². The summed E-state index contributed by atoms with van der Waals surface area (Å²) in [5.41, 5.74) is 3.78. The molecule has 3 aromatic rings. The molecule has 0 radical (unpaired) electrons. The lowest BCUT2D eigenvalue weighted by Crippen LogP contribution is -2.17. The number of halogens is 1. The highest BCUT2D eigenvalue weighted by atomic mass is 35.5. The van der Waals surface area contributed by atoms with Crippen LogP contribution in [-0.2, 0) is 13.0 Å². The van der Waals surface area contributed by atoms with Crippen molar-refractivity contribution >= 4 is 23.3 Å². The van der Waals surface area contributed by atoms with Crippen molar-refractivity contribution in [3.05, 3.63) is 65.9 Å². The van der Waals surface area contributed by atoms with E-state index in [4.69, 9.17) is 4.74 Å². The maximum absolute atomic E-state index is 5.65. The largest absolute Gasteiger partial charge is 0.494 e. The number of aromatic nitrogens is 1. The summed E-state index contributed by atoms with van der Waals surface area (Å²) in [6, 6.07) is 16.6. The van der Waals surface area contributed by atoms with E-state index in [1.165, 1.54) is 22.0 Å². The zero-order chi connectivity index (χ0) is 15.2. The van der Waals surface area contributed by atoms with Crippen LogP contribution in [0.15, 0.2) is 54.7 Å². The molecule has 3 rings (SSSR count). The van der Waals surface area contributed by atoms with Crippen molar-refractivity contribution in [2.75, 3.05) is 13.2 Å². The molecule has 2 aromatic carbocycles. The van der Waals surface area contributed by atoms with Crippen molar-refractivity contribution in [3.8, 4) is 5.75 Å². The van der Waals surface area contributed by atoms with E-state index in [-0.39, 0.29) is 12.4 Å². The summed E-state index contributed by atoms with van der Waals surface area (Å²) in [6.07, 6.45) is 3.13. The van der Waals surface area contributed by atoms with Crippen LogP contribution in [0.4, 0.5) is 0 Å². The fourth-order valence-corrected chi connectivity index (χ4v) is 2.73. The molecular formula is C19H23ClN2O. The molecular weight excluding hydrogens is 308 g/mol. The molecule has 0 aliphatic carbocycles. The number of benzene rings is 2. The van der Waals surface area contributed by atoms with Crippen LogP contribution in [0, 0.1) is 0 Å². The van der Waals surface area contributed by atoms with Crippen LogP contribution < -0.4 is 10.1 Å². The number of aromatic amines is 1. The highest BCUT2D eigenvalue weighted by molar-refractivity contribution is 5.85. The maximum Gasteiger partial charge on any atom is 0.123 e. The molecule has 1 heterocycles. The van der Waals surface area contributed by atoms with E-state index in [2.05, 4.69) is 52.9 Å². The molecule has 0 fully saturated rings. The Balaban J connectivity index is 0.00000192. The lowest BCUT2D eigenvalue weighted by atomic mass is 10.1. The zero-order valence-corrected chi connectivity index (χ0v) is 14.2. The standard InChI is InChI=1S/C19H22N2O.ClH/c1-2-22-19-10-6-3-7-16(19)13-20-12-11-15-14-21-18-9-5-4-8-17(15)18;/h3-10,14,20-21H,2,11-13H2,1H3;1H. The Bertz CT molecular complexity index is 739. The Morgan fingerprint density at radius 3 is 2.65 bits per heavy atom. The van der Waals surface area contributed by atoms with E-state index >= 15 is 0 Å². The lowest BCUT2D eigenvalue weighted by Gasteiger charge is -2.10. The fourth-order valence-electron chi connectivity index (χ4n) is 2.73. The number of para-hydroxylation sites is 2. The minimum absolute atomic E-state index is 0. The molecule has 23 heavy (non-hydrogen) atoms. The van der Waals surface area contributed by atoms with Crippen LogP contribution in [0.1, 0.15) is 18.1 Å². The summed E-state index contributed by atoms with van der Waals surface area (Å²) in [4.78, 5) is 3.32. The molecule has 3 nitrogen and oxygen atoms in total. The average Bonchev–Trinajstić information content (AvgIpc) is 2.97. The highest BCUT2D eigenvalue weighted by Crippen LogP contribution is 2.19. The van der Waals surface area contributed by atoms with E-state index in [0.29, 0.717) is 6.61 Å². The summed E-state index contributed by atoms with van der Waals surface area (Å²) in [7, 11) is 0. The molecule has 0 spiro atoms. The summed E-state index contributed by atoms with van der Waals surface area (Å²) in [5, 5.41) is 4.83. The first-order valence-electron chi connectivity index (χ1n) is 7.85. The highest BCUT2D eigenvalue weighted by Gasteiger charge is 2.04. The number of nitrogens with one attached hydrogen (secondary N) is 2. The predicted molar refractivity (Wildman–Crippen MR) is 98.6 cm³/mol. The Hall–Kier alpha value is -1.97. The molecule has 0 amide bonds. The molecule has 122 valence electrons. The van der Waals surface area contributed by atoms with Crippen molar-refractivity contribution in [1.82, 2.24) is 10.3 Å². The van der Waals surface area contributed by atoms with E-state index < -0.39 is 0 Å². The van der Waals surface area contributed by atoms with Crippen LogP contribution in [0.3, 0.4) is 0 Å². The van der Waals surface area contributed by atoms with Gasteiger partial charge in [-0.25, -0.2) is 0 Å². The SMILES string of the molecule is CCOc1ccccc1CNCCc1c[nH]c2ccccc12.Cl. The molecule has 0 aliphatic heterocycles. The van der Waals surface area contributed by atoms with Gasteiger partial charge in [-0.3, -0.25) is 0 Å². The van der Waals surface area contributed by atoms with E-state index in [9.17, 15) is 0 Å². The molecule has 0 saturated heterocycles. The summed E-state index contributed by atoms with van der Waals surface area (Å²) in [6.45, 7) is 4.49. The van der Waals surface area contributed by atoms with Gasteiger partial charge in [-0.2, -0.15) is 0 Å². The fraction of sp³-hybridized carbons (Fsp3) is 0.263. The number of rotatable bonds is 7. The second kappa shape index (κ2) is 8.61. The molecule has 0 atom stereocenters. The minimum atomic E-state index is 0. The summed E-state index contributed by atoms with van der Waals surface area (Å²) >= 11 is 0. The summed E-state index contributed by atoms with van der Waals surface area (Å²) < 4.78 is 5.65. The number of hydrogen-bond acceptors (Lipinski definition) is 2. The molecule has 2 N–H and O–H groups in total. The normalized spacial score (nSPS) is 10.5. The van der Waals surface area contributed by atoms with Crippen molar-refractivity contribution < 1.29 is 4.74 Å². The Morgan fingerprint density at radius 1 is 1.00 bits per heavy atom. The van der Waals surface area contributed by atoms with Gasteiger partial charge in [0.1, 0.15) is 5.75 Å². The summed E-state index contributed by atoms with van der Waals surface area (Å²) in [5.74, 6) is 0.976. The van der Waals surface area contributed by atoms with Crippen molar-refractivity contribution in [3.63, 3.8) is 0 Å². The van der Waals surface area contributed by atoms with Gasteiger partial charge in [0.15, 0.2) is 0 Å². The molecule has 0 unspecified atom stereocenters. The molecule has 0 saturated carbocycles. The maximum atomic E-state index is 5.65. The zero-order valence-electron chi connectivity index (χ0n) is 13.3. The lowest BCUT2D eigenvalue weighted by molar-refractivity contribution is 0.335. The second-order valence-electron chi connectivity index (χ2n) is 5.33. The van der Waals surface area contributed by atoms with Crippen molar-refractivity contribution in [2.24, 2.45) is 0 Å². The van der Waals surface area contributed by atoms with Gasteiger partial charge in [0.25, 0.3) is 0 Å². The first-order valence-corrected chi connectivity index (χ1v) is 7.85. The number of hydrogen-bond donors (Lipinski definition) is 2. The van der Waals surface area contributed by atoms with E-state index in [1.807, 2.05) is 19.1 Å². The topological polar surface area (TPSA) is 37.0 Å². The quantitative estimate of drug-likeness (QED) is 0.633. The number of fused-ring (bicyclic) bond motifs is 1. The second-order valence-corrected chi connectivity index (χ2v) is 5.33. The minimum Gasteiger partial charge on any atom is -0.494 e. The molecule has 0 bridgehead atoms. The number of H-pyrrole nitrogens is 1. The van der Waals surface area contributed by atoms with Crippen LogP contribution >= 0.6 is 12.4 Å². The van der Waals surface area contributed by atoms with Crippen LogP contribution in [0.2, 0.25) is 0 Å². The predicted octanol–water partition coefficient (Wildman–Crippen LogP) is 4.32. The monoisotopic (exact) mass is 330 g/mol. The van der Waals surface area contributed by atoms with Crippen molar-refractivity contribution in [1.29, 1.82) is 0 Å².